The number of imidazole rings is 1. The smallest absolute Gasteiger partial charge is 0.260 e. The number of rotatable bonds is 3. The number of hydrogen-bond donors (Lipinski definition) is 2. The van der Waals surface area contributed by atoms with Crippen LogP contribution in [0.2, 0.25) is 0 Å². The van der Waals surface area contributed by atoms with Gasteiger partial charge in [0.25, 0.3) is 10.0 Å². The zero-order valence-corrected chi connectivity index (χ0v) is 10.5. The summed E-state index contributed by atoms with van der Waals surface area (Å²) in [5.74, 6) is 0. The monoisotopic (exact) mass is 266 g/mol. The molecule has 6 nitrogen and oxygen atoms in total. The van der Waals surface area contributed by atoms with Gasteiger partial charge in [-0.15, -0.1) is 12.4 Å². The van der Waals surface area contributed by atoms with Crippen LogP contribution in [0, 0.1) is 0 Å². The number of sulfonamides is 1. The Hall–Kier alpha value is -0.630. The molecule has 0 radical (unpaired) electrons. The van der Waals surface area contributed by atoms with E-state index in [-0.39, 0.29) is 23.5 Å². The van der Waals surface area contributed by atoms with Gasteiger partial charge < -0.3 is 10.3 Å². The topological polar surface area (TPSA) is 78.1 Å². The molecule has 0 saturated carbocycles. The standard InChI is InChI=1S/C8H14N4O2S.ClH/c1-12(7-2-3-9-4-7)15(13,14)8-5-10-6-11-8;/h5-7,9H,2-4H2,1H3,(H,10,11);1H. The third-order valence-electron chi connectivity index (χ3n) is 2.68. The molecule has 0 aliphatic carbocycles. The molecule has 2 heterocycles. The molecule has 8 heteroatoms. The lowest BCUT2D eigenvalue weighted by Gasteiger charge is -2.21. The number of hydrogen-bond acceptors (Lipinski definition) is 4. The van der Waals surface area contributed by atoms with Crippen LogP contribution < -0.4 is 5.32 Å². The maximum Gasteiger partial charge on any atom is 0.260 e. The molecule has 1 aromatic heterocycles. The largest absolute Gasteiger partial charge is 0.335 e. The van der Waals surface area contributed by atoms with Gasteiger partial charge in [0.1, 0.15) is 0 Å². The number of nitrogens with zero attached hydrogens (tertiary/aromatic N) is 2. The summed E-state index contributed by atoms with van der Waals surface area (Å²) in [6.07, 6.45) is 3.55. The molecule has 0 amide bonds. The van der Waals surface area contributed by atoms with Crippen molar-refractivity contribution in [3.05, 3.63) is 12.5 Å². The molecule has 1 aromatic rings. The lowest BCUT2D eigenvalue weighted by molar-refractivity contribution is 0.386. The van der Waals surface area contributed by atoms with Crippen LogP contribution in [-0.2, 0) is 10.0 Å². The van der Waals surface area contributed by atoms with E-state index in [2.05, 4.69) is 15.3 Å². The Morgan fingerprint density at radius 3 is 2.81 bits per heavy atom. The molecule has 1 saturated heterocycles. The molecule has 0 spiro atoms. The van der Waals surface area contributed by atoms with Crippen molar-refractivity contribution in [2.75, 3.05) is 20.1 Å². The van der Waals surface area contributed by atoms with Gasteiger partial charge in [-0.05, 0) is 13.0 Å². The molecule has 0 aromatic carbocycles. The summed E-state index contributed by atoms with van der Waals surface area (Å²) in [4.78, 5) is 6.34. The van der Waals surface area contributed by atoms with E-state index in [1.54, 1.807) is 7.05 Å². The van der Waals surface area contributed by atoms with E-state index >= 15 is 0 Å². The number of aromatic nitrogens is 2. The minimum atomic E-state index is -3.40. The van der Waals surface area contributed by atoms with E-state index in [1.165, 1.54) is 16.8 Å². The third kappa shape index (κ3) is 2.37. The van der Waals surface area contributed by atoms with Crippen molar-refractivity contribution in [3.8, 4) is 0 Å². The highest BCUT2D eigenvalue weighted by molar-refractivity contribution is 7.89. The molecule has 16 heavy (non-hydrogen) atoms. The molecule has 1 unspecified atom stereocenters. The molecule has 0 bridgehead atoms. The molecule has 1 aliphatic heterocycles. The number of likely N-dealkylation sites (N-methyl/N-ethyl adjacent to an activating group) is 1. The first-order valence-corrected chi connectivity index (χ1v) is 6.23. The second-order valence-electron chi connectivity index (χ2n) is 3.58. The van der Waals surface area contributed by atoms with Crippen LogP contribution in [-0.4, -0.2) is 48.9 Å². The minimum Gasteiger partial charge on any atom is -0.335 e. The van der Waals surface area contributed by atoms with Crippen LogP contribution in [0.5, 0.6) is 0 Å². The quantitative estimate of drug-likeness (QED) is 0.795. The Balaban J connectivity index is 0.00000128. The fourth-order valence-corrected chi connectivity index (χ4v) is 2.96. The van der Waals surface area contributed by atoms with Crippen LogP contribution in [0.3, 0.4) is 0 Å². The number of H-pyrrole nitrogens is 1. The van der Waals surface area contributed by atoms with E-state index in [4.69, 9.17) is 0 Å². The minimum absolute atomic E-state index is 0. The summed E-state index contributed by atoms with van der Waals surface area (Å²) in [6, 6.07) is 0.0401. The number of aromatic amines is 1. The second-order valence-corrected chi connectivity index (χ2v) is 5.55. The Kier molecular flexibility index (Phi) is 4.31. The molecule has 2 rings (SSSR count). The average Bonchev–Trinajstić information content (AvgIpc) is 2.89. The third-order valence-corrected chi connectivity index (χ3v) is 4.51. The molecule has 1 fully saturated rings. The fraction of sp³-hybridized carbons (Fsp3) is 0.625. The number of halogens is 1. The normalized spacial score (nSPS) is 21.0. The highest BCUT2D eigenvalue weighted by Crippen LogP contribution is 2.16. The van der Waals surface area contributed by atoms with Gasteiger partial charge in [-0.2, -0.15) is 4.31 Å². The van der Waals surface area contributed by atoms with Crippen LogP contribution in [0.25, 0.3) is 0 Å². The summed E-state index contributed by atoms with van der Waals surface area (Å²) in [7, 11) is -1.80. The van der Waals surface area contributed by atoms with E-state index in [0.717, 1.165) is 13.0 Å². The summed E-state index contributed by atoms with van der Waals surface area (Å²) in [6.45, 7) is 1.58. The zero-order chi connectivity index (χ0) is 10.9. The van der Waals surface area contributed by atoms with Crippen LogP contribution in [0.1, 0.15) is 6.42 Å². The van der Waals surface area contributed by atoms with Gasteiger partial charge in [-0.3, -0.25) is 0 Å². The van der Waals surface area contributed by atoms with Crippen LogP contribution in [0.4, 0.5) is 0 Å². The SMILES string of the molecule is CN(C1CCNC1)S(=O)(=O)c1cnc[nH]1.Cl. The van der Waals surface area contributed by atoms with E-state index < -0.39 is 10.0 Å². The fourth-order valence-electron chi connectivity index (χ4n) is 1.69. The molecule has 1 aliphatic rings. The summed E-state index contributed by atoms with van der Waals surface area (Å²) in [5.41, 5.74) is 0. The van der Waals surface area contributed by atoms with Crippen molar-refractivity contribution in [2.45, 2.75) is 17.5 Å². The average molecular weight is 267 g/mol. The highest BCUT2D eigenvalue weighted by Gasteiger charge is 2.30. The van der Waals surface area contributed by atoms with E-state index in [1.807, 2.05) is 0 Å². The van der Waals surface area contributed by atoms with Gasteiger partial charge in [0.05, 0.1) is 12.5 Å². The molecule has 2 N–H and O–H groups in total. The van der Waals surface area contributed by atoms with Gasteiger partial charge >= 0.3 is 0 Å². The van der Waals surface area contributed by atoms with Crippen molar-refractivity contribution >= 4 is 22.4 Å². The summed E-state index contributed by atoms with van der Waals surface area (Å²) < 4.78 is 25.4. The van der Waals surface area contributed by atoms with Gasteiger partial charge in [-0.25, -0.2) is 13.4 Å². The van der Waals surface area contributed by atoms with E-state index in [0.29, 0.717) is 6.54 Å². The maximum atomic E-state index is 12.0. The lowest BCUT2D eigenvalue weighted by Crippen LogP contribution is -2.38. The van der Waals surface area contributed by atoms with Crippen LogP contribution in [0.15, 0.2) is 17.6 Å². The van der Waals surface area contributed by atoms with Gasteiger partial charge in [0.2, 0.25) is 0 Å². The zero-order valence-electron chi connectivity index (χ0n) is 8.88. The molecular formula is C8H15ClN4O2S. The Bertz CT molecular complexity index is 413. The summed E-state index contributed by atoms with van der Waals surface area (Å²) in [5, 5.41) is 3.29. The maximum absolute atomic E-state index is 12.0. The molecule has 1 atom stereocenters. The lowest BCUT2D eigenvalue weighted by atomic mass is 10.3. The predicted molar refractivity (Wildman–Crippen MR) is 62.1 cm³/mol. The van der Waals surface area contributed by atoms with Crippen molar-refractivity contribution in [1.82, 2.24) is 19.6 Å². The Morgan fingerprint density at radius 2 is 2.31 bits per heavy atom. The van der Waals surface area contributed by atoms with Gasteiger partial charge in [0, 0.05) is 19.6 Å². The highest BCUT2D eigenvalue weighted by atomic mass is 35.5. The number of nitrogens with one attached hydrogen (secondary N) is 2. The molecular weight excluding hydrogens is 252 g/mol. The van der Waals surface area contributed by atoms with Gasteiger partial charge in [-0.1, -0.05) is 0 Å². The first-order valence-electron chi connectivity index (χ1n) is 4.79. The predicted octanol–water partition coefficient (Wildman–Crippen LogP) is -0.186. The Labute approximate surface area is 101 Å². The summed E-state index contributed by atoms with van der Waals surface area (Å²) >= 11 is 0. The first kappa shape index (κ1) is 13.4. The van der Waals surface area contributed by atoms with Gasteiger partial charge in [0.15, 0.2) is 5.03 Å². The van der Waals surface area contributed by atoms with Crippen LogP contribution >= 0.6 is 12.4 Å². The first-order chi connectivity index (χ1) is 7.12. The van der Waals surface area contributed by atoms with Crippen molar-refractivity contribution < 1.29 is 8.42 Å². The van der Waals surface area contributed by atoms with Crippen molar-refractivity contribution in [2.24, 2.45) is 0 Å². The second kappa shape index (κ2) is 5.13. The Morgan fingerprint density at radius 1 is 1.56 bits per heavy atom. The van der Waals surface area contributed by atoms with Crippen molar-refractivity contribution in [1.29, 1.82) is 0 Å². The van der Waals surface area contributed by atoms with E-state index in [9.17, 15) is 8.42 Å². The molecule has 92 valence electrons. The van der Waals surface area contributed by atoms with Crippen molar-refractivity contribution in [3.63, 3.8) is 0 Å².